The number of alkyl halides is 2. The van der Waals surface area contributed by atoms with E-state index in [0.717, 1.165) is 17.5 Å². The van der Waals surface area contributed by atoms with Crippen molar-refractivity contribution >= 4 is 0 Å². The number of aryl methyl sites for hydroxylation is 2. The quantitative estimate of drug-likeness (QED) is 0.478. The van der Waals surface area contributed by atoms with Crippen molar-refractivity contribution in [3.05, 3.63) is 65.4 Å². The van der Waals surface area contributed by atoms with Crippen LogP contribution >= 0.6 is 0 Å². The lowest BCUT2D eigenvalue weighted by molar-refractivity contribution is 0.151. The number of nitrogens with zero attached hydrogens (tertiary/aromatic N) is 8. The molecule has 0 saturated carbocycles. The summed E-state index contributed by atoms with van der Waals surface area (Å²) in [6, 6.07) is 8.08. The van der Waals surface area contributed by atoms with Gasteiger partial charge in [-0.2, -0.15) is 14.9 Å². The molecule has 0 aliphatic rings. The van der Waals surface area contributed by atoms with Crippen molar-refractivity contribution in [2.75, 3.05) is 0 Å². The molecule has 4 heterocycles. The van der Waals surface area contributed by atoms with Gasteiger partial charge in [-0.25, -0.2) is 13.8 Å². The van der Waals surface area contributed by atoms with E-state index in [0.29, 0.717) is 28.8 Å². The molecule has 0 aliphatic carbocycles. The Balaban J connectivity index is 1.50. The zero-order valence-corrected chi connectivity index (χ0v) is 16.1. The van der Waals surface area contributed by atoms with Crippen LogP contribution in [-0.2, 0) is 6.61 Å². The molecule has 0 N–H and O–H groups in total. The van der Waals surface area contributed by atoms with Crippen molar-refractivity contribution in [1.82, 2.24) is 40.4 Å². The molecule has 0 saturated heterocycles. The van der Waals surface area contributed by atoms with Crippen molar-refractivity contribution in [3.63, 3.8) is 0 Å². The molecule has 0 aliphatic heterocycles. The Kier molecular flexibility index (Phi) is 5.33. The van der Waals surface area contributed by atoms with Gasteiger partial charge in [-0.05, 0) is 38.1 Å². The maximum atomic E-state index is 12.7. The van der Waals surface area contributed by atoms with Crippen LogP contribution in [0.3, 0.4) is 0 Å². The average Bonchev–Trinajstić information content (AvgIpc) is 3.13. The maximum Gasteiger partial charge on any atom is 0.265 e. The summed E-state index contributed by atoms with van der Waals surface area (Å²) in [5.41, 5.74) is 3.30. The van der Waals surface area contributed by atoms with Gasteiger partial charge >= 0.3 is 0 Å². The summed E-state index contributed by atoms with van der Waals surface area (Å²) in [6.45, 7) is 3.71. The molecule has 0 amide bonds. The molecule has 9 nitrogen and oxygen atoms in total. The third kappa shape index (κ3) is 4.09. The maximum absolute atomic E-state index is 12.7. The molecular weight excluding hydrogens is 394 g/mol. The van der Waals surface area contributed by atoms with Gasteiger partial charge in [0.1, 0.15) is 12.3 Å². The van der Waals surface area contributed by atoms with E-state index >= 15 is 0 Å². The molecular formula is C19H16F2N8O. The molecule has 0 atom stereocenters. The second-order valence-corrected chi connectivity index (χ2v) is 6.41. The van der Waals surface area contributed by atoms with Gasteiger partial charge in [-0.3, -0.25) is 0 Å². The van der Waals surface area contributed by atoms with E-state index in [1.165, 1.54) is 16.8 Å². The van der Waals surface area contributed by atoms with Crippen molar-refractivity contribution in [1.29, 1.82) is 0 Å². The van der Waals surface area contributed by atoms with E-state index in [2.05, 4.69) is 35.7 Å². The van der Waals surface area contributed by atoms with E-state index in [-0.39, 0.29) is 12.2 Å². The molecule has 152 valence electrons. The summed E-state index contributed by atoms with van der Waals surface area (Å²) >= 11 is 0. The second kappa shape index (κ2) is 8.23. The Morgan fingerprint density at radius 1 is 1.00 bits per heavy atom. The number of rotatable bonds is 6. The fourth-order valence-electron chi connectivity index (χ4n) is 2.68. The Labute approximate surface area is 169 Å². The van der Waals surface area contributed by atoms with Crippen LogP contribution in [0.2, 0.25) is 0 Å². The minimum atomic E-state index is -2.58. The zero-order valence-electron chi connectivity index (χ0n) is 16.1. The van der Waals surface area contributed by atoms with Crippen LogP contribution in [-0.4, -0.2) is 40.4 Å². The molecule has 0 fully saturated rings. The lowest BCUT2D eigenvalue weighted by Gasteiger charge is -2.09. The first-order valence-corrected chi connectivity index (χ1v) is 8.93. The summed E-state index contributed by atoms with van der Waals surface area (Å²) in [4.78, 5) is 4.04. The van der Waals surface area contributed by atoms with Crippen LogP contribution in [0.4, 0.5) is 8.78 Å². The number of ether oxygens (including phenoxy) is 1. The normalized spacial score (nSPS) is 11.1. The Morgan fingerprint density at radius 3 is 2.53 bits per heavy atom. The third-order valence-electron chi connectivity index (χ3n) is 4.27. The predicted molar refractivity (Wildman–Crippen MR) is 101 cm³/mol. The molecule has 0 radical (unpaired) electrons. The number of hydrogen-bond acceptors (Lipinski definition) is 8. The van der Waals surface area contributed by atoms with Gasteiger partial charge in [-0.15, -0.1) is 15.3 Å². The van der Waals surface area contributed by atoms with Gasteiger partial charge in [0.25, 0.3) is 6.43 Å². The lowest BCUT2D eigenvalue weighted by atomic mass is 10.2. The van der Waals surface area contributed by atoms with Crippen LogP contribution in [0.15, 0.2) is 42.7 Å². The van der Waals surface area contributed by atoms with Crippen molar-refractivity contribution < 1.29 is 13.5 Å². The summed E-state index contributed by atoms with van der Waals surface area (Å²) in [5, 5.41) is 24.1. The number of halogens is 2. The second-order valence-electron chi connectivity index (χ2n) is 6.41. The predicted octanol–water partition coefficient (Wildman–Crippen LogP) is 3.04. The number of pyridine rings is 1. The van der Waals surface area contributed by atoms with Crippen LogP contribution in [0.5, 0.6) is 5.88 Å². The van der Waals surface area contributed by atoms with Gasteiger partial charge in [0.15, 0.2) is 5.82 Å². The van der Waals surface area contributed by atoms with E-state index in [1.54, 1.807) is 25.3 Å². The average molecular weight is 410 g/mol. The van der Waals surface area contributed by atoms with Crippen LogP contribution in [0.1, 0.15) is 29.1 Å². The molecule has 11 heteroatoms. The van der Waals surface area contributed by atoms with Gasteiger partial charge < -0.3 is 4.74 Å². The molecule has 4 rings (SSSR count). The highest BCUT2D eigenvalue weighted by molar-refractivity contribution is 5.57. The molecule has 4 aromatic rings. The minimum absolute atomic E-state index is 0.0983. The van der Waals surface area contributed by atoms with Crippen molar-refractivity contribution in [3.8, 4) is 23.0 Å². The first-order chi connectivity index (χ1) is 14.5. The molecule has 0 bridgehead atoms. The first kappa shape index (κ1) is 19.4. The van der Waals surface area contributed by atoms with E-state index in [9.17, 15) is 8.78 Å². The molecule has 0 spiro atoms. The molecule has 0 aromatic carbocycles. The fraction of sp³-hybridized carbons (Fsp3) is 0.211. The summed E-state index contributed by atoms with van der Waals surface area (Å²) in [7, 11) is 0. The highest BCUT2D eigenvalue weighted by atomic mass is 19.3. The number of hydrogen-bond donors (Lipinski definition) is 0. The Hall–Kier alpha value is -3.89. The summed E-state index contributed by atoms with van der Waals surface area (Å²) in [6.07, 6.45) is 0.138. The van der Waals surface area contributed by atoms with E-state index < -0.39 is 6.43 Å². The zero-order chi connectivity index (χ0) is 21.1. The SMILES string of the molecule is Cc1cc(-c2ccc(OCc3c(C)nnn3-c3ccc(C(F)F)cn3)nn2)cnn1. The highest BCUT2D eigenvalue weighted by Gasteiger charge is 2.15. The van der Waals surface area contributed by atoms with E-state index in [4.69, 9.17) is 4.74 Å². The van der Waals surface area contributed by atoms with Crippen molar-refractivity contribution in [2.45, 2.75) is 26.9 Å². The van der Waals surface area contributed by atoms with Crippen LogP contribution < -0.4 is 4.74 Å². The third-order valence-corrected chi connectivity index (χ3v) is 4.27. The van der Waals surface area contributed by atoms with Crippen LogP contribution in [0, 0.1) is 13.8 Å². The number of aromatic nitrogens is 8. The first-order valence-electron chi connectivity index (χ1n) is 8.93. The largest absolute Gasteiger partial charge is 0.470 e. The summed E-state index contributed by atoms with van der Waals surface area (Å²) < 4.78 is 32.6. The molecule has 0 unspecified atom stereocenters. The standard InChI is InChI=1S/C19H16F2N8O/c1-11-7-14(9-23-24-11)15-4-6-18(27-26-15)30-10-16-12(2)25-28-29(16)17-5-3-13(8-22-17)19(20)21/h3-9,19H,10H2,1-2H3. The minimum Gasteiger partial charge on any atom is -0.470 e. The molecule has 4 aromatic heterocycles. The van der Waals surface area contributed by atoms with Gasteiger partial charge in [0.2, 0.25) is 5.88 Å². The monoisotopic (exact) mass is 410 g/mol. The van der Waals surface area contributed by atoms with Gasteiger partial charge in [-0.1, -0.05) is 5.21 Å². The molecule has 30 heavy (non-hydrogen) atoms. The Morgan fingerprint density at radius 2 is 1.87 bits per heavy atom. The fourth-order valence-corrected chi connectivity index (χ4v) is 2.68. The van der Waals surface area contributed by atoms with Gasteiger partial charge in [0.05, 0.1) is 23.3 Å². The lowest BCUT2D eigenvalue weighted by Crippen LogP contribution is -2.09. The van der Waals surface area contributed by atoms with Crippen molar-refractivity contribution in [2.24, 2.45) is 0 Å². The summed E-state index contributed by atoms with van der Waals surface area (Å²) in [5.74, 6) is 0.672. The smallest absolute Gasteiger partial charge is 0.265 e. The van der Waals surface area contributed by atoms with Crippen LogP contribution in [0.25, 0.3) is 17.1 Å². The highest BCUT2D eigenvalue weighted by Crippen LogP contribution is 2.20. The Bertz CT molecular complexity index is 1150. The van der Waals surface area contributed by atoms with E-state index in [1.807, 2.05) is 13.0 Å². The van der Waals surface area contributed by atoms with Gasteiger partial charge in [0, 0.05) is 23.4 Å². The topological polar surface area (TPSA) is 104 Å².